The fourth-order valence-corrected chi connectivity index (χ4v) is 2.73. The van der Waals surface area contributed by atoms with Crippen LogP contribution in [0, 0.1) is 6.92 Å². The molecule has 1 aromatic heterocycles. The van der Waals surface area contributed by atoms with Crippen molar-refractivity contribution in [2.45, 2.75) is 38.7 Å². The van der Waals surface area contributed by atoms with E-state index in [0.29, 0.717) is 19.6 Å². The molecule has 2 rings (SSSR count). The van der Waals surface area contributed by atoms with E-state index in [2.05, 4.69) is 15.5 Å². The summed E-state index contributed by atoms with van der Waals surface area (Å²) >= 11 is 1.55. The minimum atomic E-state index is -0.0953. The molecule has 6 nitrogen and oxygen atoms in total. The van der Waals surface area contributed by atoms with Gasteiger partial charge in [-0.15, -0.1) is 21.5 Å². The van der Waals surface area contributed by atoms with Gasteiger partial charge in [-0.05, 0) is 26.2 Å². The van der Waals surface area contributed by atoms with Crippen LogP contribution in [0.4, 0.5) is 0 Å². The van der Waals surface area contributed by atoms with E-state index in [1.807, 2.05) is 6.92 Å². The van der Waals surface area contributed by atoms with Crippen LogP contribution in [-0.2, 0) is 20.7 Å². The molecule has 7 heteroatoms. The lowest BCUT2D eigenvalue weighted by atomic mass is 10.1. The molecular weight excluding hydrogens is 278 g/mol. The summed E-state index contributed by atoms with van der Waals surface area (Å²) in [6.45, 7) is 3.89. The summed E-state index contributed by atoms with van der Waals surface area (Å²) in [4.78, 5) is 11.6. The van der Waals surface area contributed by atoms with Crippen molar-refractivity contribution in [2.75, 3.05) is 26.4 Å². The van der Waals surface area contributed by atoms with Gasteiger partial charge in [-0.3, -0.25) is 4.79 Å². The maximum Gasteiger partial charge on any atom is 0.246 e. The quantitative estimate of drug-likeness (QED) is 0.816. The molecule has 1 atom stereocenters. The molecule has 0 bridgehead atoms. The van der Waals surface area contributed by atoms with Gasteiger partial charge in [0.2, 0.25) is 5.91 Å². The van der Waals surface area contributed by atoms with E-state index < -0.39 is 0 Å². The zero-order valence-electron chi connectivity index (χ0n) is 11.8. The van der Waals surface area contributed by atoms with Gasteiger partial charge in [-0.25, -0.2) is 0 Å². The number of aromatic nitrogens is 2. The lowest BCUT2D eigenvalue weighted by Crippen LogP contribution is -2.32. The minimum absolute atomic E-state index is 0.0923. The highest BCUT2D eigenvalue weighted by molar-refractivity contribution is 7.11. The molecule has 112 valence electrons. The fraction of sp³-hybridized carbons (Fsp3) is 0.769. The van der Waals surface area contributed by atoms with Crippen molar-refractivity contribution in [3.63, 3.8) is 0 Å². The Morgan fingerprint density at radius 3 is 3.10 bits per heavy atom. The second-order valence-electron chi connectivity index (χ2n) is 4.82. The second-order valence-corrected chi connectivity index (χ2v) is 6.08. The molecule has 1 aliphatic heterocycles. The number of aryl methyl sites for hydroxylation is 1. The number of hydrogen-bond donors (Lipinski definition) is 1. The first-order chi connectivity index (χ1) is 9.74. The first kappa shape index (κ1) is 15.3. The summed E-state index contributed by atoms with van der Waals surface area (Å²) in [5, 5.41) is 12.6. The predicted molar refractivity (Wildman–Crippen MR) is 75.8 cm³/mol. The molecule has 0 spiro atoms. The van der Waals surface area contributed by atoms with Gasteiger partial charge in [-0.2, -0.15) is 0 Å². The first-order valence-corrected chi connectivity index (χ1v) is 7.80. The SMILES string of the molecule is Cc1nnc(CCNC(=O)COC[C@@H]2CCCCO2)s1. The lowest BCUT2D eigenvalue weighted by Gasteiger charge is -2.22. The Morgan fingerprint density at radius 2 is 2.40 bits per heavy atom. The van der Waals surface area contributed by atoms with Crippen LogP contribution in [0.15, 0.2) is 0 Å². The van der Waals surface area contributed by atoms with Gasteiger partial charge in [0.05, 0.1) is 12.7 Å². The summed E-state index contributed by atoms with van der Waals surface area (Å²) < 4.78 is 10.9. The predicted octanol–water partition coefficient (Wildman–Crippen LogP) is 1.09. The van der Waals surface area contributed by atoms with Crippen molar-refractivity contribution in [1.82, 2.24) is 15.5 Å². The third-order valence-electron chi connectivity index (χ3n) is 3.04. The summed E-state index contributed by atoms with van der Waals surface area (Å²) in [7, 11) is 0. The molecule has 0 aromatic carbocycles. The fourth-order valence-electron chi connectivity index (χ4n) is 2.02. The lowest BCUT2D eigenvalue weighted by molar-refractivity contribution is -0.127. The number of amides is 1. The van der Waals surface area contributed by atoms with Crippen molar-refractivity contribution in [3.05, 3.63) is 10.0 Å². The number of carbonyl (C=O) groups is 1. The van der Waals surface area contributed by atoms with Gasteiger partial charge >= 0.3 is 0 Å². The molecule has 1 N–H and O–H groups in total. The molecule has 1 saturated heterocycles. The summed E-state index contributed by atoms with van der Waals surface area (Å²) in [5.74, 6) is -0.0953. The van der Waals surface area contributed by atoms with E-state index >= 15 is 0 Å². The van der Waals surface area contributed by atoms with Gasteiger partial charge < -0.3 is 14.8 Å². The molecule has 2 heterocycles. The number of hydrogen-bond acceptors (Lipinski definition) is 6. The summed E-state index contributed by atoms with van der Waals surface area (Å²) in [6, 6.07) is 0. The first-order valence-electron chi connectivity index (χ1n) is 6.99. The van der Waals surface area contributed by atoms with Crippen LogP contribution < -0.4 is 5.32 Å². The van der Waals surface area contributed by atoms with E-state index in [1.165, 1.54) is 6.42 Å². The normalized spacial score (nSPS) is 18.9. The summed E-state index contributed by atoms with van der Waals surface area (Å²) in [5.41, 5.74) is 0. The van der Waals surface area contributed by atoms with Crippen LogP contribution in [0.25, 0.3) is 0 Å². The Morgan fingerprint density at radius 1 is 1.50 bits per heavy atom. The number of rotatable bonds is 7. The minimum Gasteiger partial charge on any atom is -0.376 e. The topological polar surface area (TPSA) is 73.3 Å². The third kappa shape index (κ3) is 5.52. The molecule has 1 fully saturated rings. The number of nitrogens with one attached hydrogen (secondary N) is 1. The monoisotopic (exact) mass is 299 g/mol. The van der Waals surface area contributed by atoms with Crippen LogP contribution in [-0.4, -0.2) is 48.6 Å². The van der Waals surface area contributed by atoms with Gasteiger partial charge in [0, 0.05) is 19.6 Å². The van der Waals surface area contributed by atoms with E-state index in [4.69, 9.17) is 9.47 Å². The highest BCUT2D eigenvalue weighted by atomic mass is 32.1. The average Bonchev–Trinajstić information content (AvgIpc) is 2.86. The van der Waals surface area contributed by atoms with E-state index in [0.717, 1.165) is 29.5 Å². The van der Waals surface area contributed by atoms with E-state index in [1.54, 1.807) is 11.3 Å². The Balaban J connectivity index is 1.51. The zero-order chi connectivity index (χ0) is 14.2. The maximum atomic E-state index is 11.6. The summed E-state index contributed by atoms with van der Waals surface area (Å²) in [6.07, 6.45) is 4.20. The average molecular weight is 299 g/mol. The Hall–Kier alpha value is -1.05. The molecule has 0 aliphatic carbocycles. The molecule has 1 amide bonds. The third-order valence-corrected chi connectivity index (χ3v) is 3.94. The maximum absolute atomic E-state index is 11.6. The highest BCUT2D eigenvalue weighted by Gasteiger charge is 2.14. The van der Waals surface area contributed by atoms with Crippen LogP contribution in [0.5, 0.6) is 0 Å². The van der Waals surface area contributed by atoms with Gasteiger partial charge in [-0.1, -0.05) is 0 Å². The highest BCUT2D eigenvalue weighted by Crippen LogP contribution is 2.12. The molecule has 0 radical (unpaired) electrons. The van der Waals surface area contributed by atoms with Crippen molar-refractivity contribution in [3.8, 4) is 0 Å². The van der Waals surface area contributed by atoms with Crippen LogP contribution in [0.2, 0.25) is 0 Å². The molecule has 0 unspecified atom stereocenters. The van der Waals surface area contributed by atoms with Crippen LogP contribution in [0.1, 0.15) is 29.3 Å². The van der Waals surface area contributed by atoms with Gasteiger partial charge in [0.15, 0.2) is 0 Å². The van der Waals surface area contributed by atoms with Crippen molar-refractivity contribution in [1.29, 1.82) is 0 Å². The van der Waals surface area contributed by atoms with Crippen molar-refractivity contribution >= 4 is 17.2 Å². The molecule has 20 heavy (non-hydrogen) atoms. The van der Waals surface area contributed by atoms with Crippen molar-refractivity contribution in [2.24, 2.45) is 0 Å². The second kappa shape index (κ2) is 8.28. The molecule has 1 aromatic rings. The molecular formula is C13H21N3O3S. The molecule has 0 saturated carbocycles. The van der Waals surface area contributed by atoms with Crippen molar-refractivity contribution < 1.29 is 14.3 Å². The van der Waals surface area contributed by atoms with Gasteiger partial charge in [0.25, 0.3) is 0 Å². The van der Waals surface area contributed by atoms with E-state index in [-0.39, 0.29) is 18.6 Å². The Bertz CT molecular complexity index is 419. The number of ether oxygens (including phenoxy) is 2. The van der Waals surface area contributed by atoms with Crippen LogP contribution >= 0.6 is 11.3 Å². The number of carbonyl (C=O) groups excluding carboxylic acids is 1. The van der Waals surface area contributed by atoms with E-state index in [9.17, 15) is 4.79 Å². The van der Waals surface area contributed by atoms with Gasteiger partial charge in [0.1, 0.15) is 16.6 Å². The number of nitrogens with zero attached hydrogens (tertiary/aromatic N) is 2. The zero-order valence-corrected chi connectivity index (χ0v) is 12.6. The standard InChI is InChI=1S/C13H21N3O3S/c1-10-15-16-13(20-10)5-6-14-12(17)9-18-8-11-4-2-3-7-19-11/h11H,2-9H2,1H3,(H,14,17)/t11-/m0/s1. The van der Waals surface area contributed by atoms with Crippen LogP contribution in [0.3, 0.4) is 0 Å². The Kier molecular flexibility index (Phi) is 6.35. The smallest absolute Gasteiger partial charge is 0.246 e. The Labute approximate surface area is 122 Å². The molecule has 1 aliphatic rings. The largest absolute Gasteiger partial charge is 0.376 e.